The summed E-state index contributed by atoms with van der Waals surface area (Å²) in [6, 6.07) is 0. The van der Waals surface area contributed by atoms with Crippen LogP contribution < -0.4 is 0 Å². The standard InChI is InChI=1S/C65H100O12/c1-4-7-10-13-16-19-22-25-27-28-29-30-32-35-38-41-44-47-50-53-59(68)76-63-61(70)60(69)62(64(71)72)77-65(63)74-55-56(75-58(67)52-49-46-43-40-37-33-24-21-18-15-12-9-6-3)54-73-57(66)51-48-45-42-39-36-34-31-26-23-20-17-14-11-8-5-2/h7,9-10,12,16-21,25-27,29-31,33,35,37-38,44,47,56,60-63,65,69-70H,4-6,8,11,13-15,22-24,28,32,34,36,39-43,45-46,48-55H2,1-3H3,(H,71,72)/b10-7-,12-9-,19-16-,20-17-,21-18-,27-25-,30-29-,31-26-,37-33-,38-35-,47-44-. The van der Waals surface area contributed by atoms with Crippen LogP contribution in [0.4, 0.5) is 0 Å². The summed E-state index contributed by atoms with van der Waals surface area (Å²) in [5.74, 6) is -3.31. The van der Waals surface area contributed by atoms with Crippen molar-refractivity contribution in [2.45, 2.75) is 237 Å². The van der Waals surface area contributed by atoms with E-state index in [0.717, 1.165) is 116 Å². The van der Waals surface area contributed by atoms with Crippen LogP contribution in [0.25, 0.3) is 0 Å². The molecule has 0 aliphatic carbocycles. The molecule has 0 radical (unpaired) electrons. The Morgan fingerprint density at radius 2 is 0.844 bits per heavy atom. The highest BCUT2D eigenvalue weighted by Gasteiger charge is 2.50. The van der Waals surface area contributed by atoms with Crippen LogP contribution in [0, 0.1) is 0 Å². The number of rotatable bonds is 47. The molecule has 0 saturated carbocycles. The molecular weight excluding hydrogens is 973 g/mol. The summed E-state index contributed by atoms with van der Waals surface area (Å²) in [5.41, 5.74) is 0. The maximum atomic E-state index is 13.1. The summed E-state index contributed by atoms with van der Waals surface area (Å²) in [4.78, 5) is 51.1. The Balaban J connectivity index is 2.77. The summed E-state index contributed by atoms with van der Waals surface area (Å²) in [7, 11) is 0. The van der Waals surface area contributed by atoms with Crippen LogP contribution in [0.15, 0.2) is 134 Å². The summed E-state index contributed by atoms with van der Waals surface area (Å²) in [6.07, 6.45) is 60.1. The van der Waals surface area contributed by atoms with Crippen LogP contribution in [0.1, 0.15) is 201 Å². The van der Waals surface area contributed by atoms with Crippen molar-refractivity contribution in [1.29, 1.82) is 0 Å². The third-order valence-corrected chi connectivity index (χ3v) is 12.2. The van der Waals surface area contributed by atoms with E-state index in [1.165, 1.54) is 19.3 Å². The molecule has 432 valence electrons. The first-order valence-electron chi connectivity index (χ1n) is 29.2. The lowest BCUT2D eigenvalue weighted by Crippen LogP contribution is -2.61. The van der Waals surface area contributed by atoms with Crippen molar-refractivity contribution in [2.24, 2.45) is 0 Å². The minimum atomic E-state index is -1.94. The first-order chi connectivity index (χ1) is 37.6. The molecule has 3 N–H and O–H groups in total. The molecule has 12 nitrogen and oxygen atoms in total. The number of unbranched alkanes of at least 4 members (excludes halogenated alkanes) is 11. The molecule has 1 aliphatic rings. The highest BCUT2D eigenvalue weighted by atomic mass is 16.7. The molecule has 6 unspecified atom stereocenters. The van der Waals surface area contributed by atoms with Gasteiger partial charge in [-0.15, -0.1) is 0 Å². The molecule has 6 atom stereocenters. The molecule has 1 aliphatic heterocycles. The van der Waals surface area contributed by atoms with Gasteiger partial charge in [0.05, 0.1) is 6.61 Å². The molecule has 0 aromatic heterocycles. The maximum Gasteiger partial charge on any atom is 0.335 e. The van der Waals surface area contributed by atoms with Crippen LogP contribution >= 0.6 is 0 Å². The van der Waals surface area contributed by atoms with Gasteiger partial charge in [0.2, 0.25) is 0 Å². The average molecular weight is 1070 g/mol. The highest BCUT2D eigenvalue weighted by molar-refractivity contribution is 5.74. The second-order valence-electron chi connectivity index (χ2n) is 19.2. The van der Waals surface area contributed by atoms with Crippen LogP contribution in [-0.4, -0.2) is 89.2 Å². The van der Waals surface area contributed by atoms with Crippen molar-refractivity contribution in [1.82, 2.24) is 0 Å². The molecule has 1 fully saturated rings. The molecule has 77 heavy (non-hydrogen) atoms. The summed E-state index contributed by atoms with van der Waals surface area (Å²) < 4.78 is 28.3. The van der Waals surface area contributed by atoms with Crippen molar-refractivity contribution in [3.63, 3.8) is 0 Å². The van der Waals surface area contributed by atoms with Gasteiger partial charge in [-0.25, -0.2) is 4.79 Å². The van der Waals surface area contributed by atoms with E-state index in [2.05, 4.69) is 136 Å². The van der Waals surface area contributed by atoms with Crippen LogP contribution in [0.2, 0.25) is 0 Å². The molecule has 12 heteroatoms. The lowest BCUT2D eigenvalue weighted by molar-refractivity contribution is -0.301. The summed E-state index contributed by atoms with van der Waals surface area (Å²) in [5, 5.41) is 31.5. The van der Waals surface area contributed by atoms with E-state index in [-0.39, 0.29) is 25.9 Å². The van der Waals surface area contributed by atoms with Crippen LogP contribution in [-0.2, 0) is 42.9 Å². The lowest BCUT2D eigenvalue weighted by atomic mass is 9.98. The zero-order chi connectivity index (χ0) is 56.1. The minimum absolute atomic E-state index is 0.0771. The zero-order valence-electron chi connectivity index (χ0n) is 47.4. The van der Waals surface area contributed by atoms with E-state index in [9.17, 15) is 34.5 Å². The van der Waals surface area contributed by atoms with E-state index in [1.54, 1.807) is 0 Å². The first-order valence-corrected chi connectivity index (χ1v) is 29.2. The minimum Gasteiger partial charge on any atom is -0.479 e. The molecular formula is C65H100O12. The Hall–Kier alpha value is -5.14. The number of hydrogen-bond acceptors (Lipinski definition) is 11. The Morgan fingerprint density at radius 3 is 1.31 bits per heavy atom. The van der Waals surface area contributed by atoms with Gasteiger partial charge >= 0.3 is 23.9 Å². The molecule has 1 saturated heterocycles. The van der Waals surface area contributed by atoms with Gasteiger partial charge in [-0.3, -0.25) is 14.4 Å². The summed E-state index contributed by atoms with van der Waals surface area (Å²) >= 11 is 0. The number of esters is 3. The van der Waals surface area contributed by atoms with Gasteiger partial charge in [0.15, 0.2) is 24.6 Å². The highest BCUT2D eigenvalue weighted by Crippen LogP contribution is 2.26. The van der Waals surface area contributed by atoms with Crippen molar-refractivity contribution < 1.29 is 58.2 Å². The Bertz CT molecular complexity index is 1850. The van der Waals surface area contributed by atoms with Gasteiger partial charge in [0.1, 0.15) is 18.8 Å². The second kappa shape index (κ2) is 51.6. The number of aliphatic hydroxyl groups is 2. The number of carbonyl (C=O) groups excluding carboxylic acids is 3. The van der Waals surface area contributed by atoms with Crippen molar-refractivity contribution in [2.75, 3.05) is 13.2 Å². The predicted molar refractivity (Wildman–Crippen MR) is 312 cm³/mol. The van der Waals surface area contributed by atoms with E-state index in [4.69, 9.17) is 23.7 Å². The normalized spacial score (nSPS) is 19.0. The van der Waals surface area contributed by atoms with Crippen LogP contribution in [0.5, 0.6) is 0 Å². The fraction of sp³-hybridized carbons (Fsp3) is 0.600. The Morgan fingerprint density at radius 1 is 0.442 bits per heavy atom. The lowest BCUT2D eigenvalue weighted by Gasteiger charge is -2.40. The van der Waals surface area contributed by atoms with Gasteiger partial charge in [0, 0.05) is 19.3 Å². The SMILES string of the molecule is CC/C=C\C/C=C\C/C=C\C/C=C\C/C=C\C/C=C\CCC(=O)OC1C(OCC(COC(=O)CCCCCCC/C=C\C/C=C\CCCCC)OC(=O)CCCCC/C=C\C/C=C\C/C=C\CC)OC(C(=O)O)C(O)C1O. The molecule has 0 aromatic rings. The predicted octanol–water partition coefficient (Wildman–Crippen LogP) is 15.0. The van der Waals surface area contributed by atoms with Gasteiger partial charge < -0.3 is 39.0 Å². The topological polar surface area (TPSA) is 175 Å². The third kappa shape index (κ3) is 41.6. The van der Waals surface area contributed by atoms with E-state index in [1.807, 2.05) is 18.2 Å². The molecule has 0 amide bonds. The number of carboxylic acids is 1. The molecule has 0 bridgehead atoms. The molecule has 1 rings (SSSR count). The number of carbonyl (C=O) groups is 4. The van der Waals surface area contributed by atoms with E-state index in [0.29, 0.717) is 25.7 Å². The molecule has 1 heterocycles. The Kier molecular flexibility index (Phi) is 46.8. The fourth-order valence-electron chi connectivity index (χ4n) is 7.79. The monoisotopic (exact) mass is 1070 g/mol. The van der Waals surface area contributed by atoms with Gasteiger partial charge in [0.25, 0.3) is 0 Å². The third-order valence-electron chi connectivity index (χ3n) is 12.2. The largest absolute Gasteiger partial charge is 0.479 e. The van der Waals surface area contributed by atoms with Gasteiger partial charge in [-0.1, -0.05) is 193 Å². The maximum absolute atomic E-state index is 13.1. The van der Waals surface area contributed by atoms with Gasteiger partial charge in [-0.05, 0) is 122 Å². The van der Waals surface area contributed by atoms with Crippen molar-refractivity contribution >= 4 is 23.9 Å². The van der Waals surface area contributed by atoms with Gasteiger partial charge in [-0.2, -0.15) is 0 Å². The summed E-state index contributed by atoms with van der Waals surface area (Å²) in [6.45, 7) is 5.65. The fourth-order valence-corrected chi connectivity index (χ4v) is 7.79. The zero-order valence-corrected chi connectivity index (χ0v) is 47.4. The molecule has 0 aromatic carbocycles. The average Bonchev–Trinajstić information content (AvgIpc) is 3.42. The van der Waals surface area contributed by atoms with E-state index >= 15 is 0 Å². The van der Waals surface area contributed by atoms with Crippen molar-refractivity contribution in [3.05, 3.63) is 134 Å². The number of ether oxygens (including phenoxy) is 5. The number of hydrogen-bond donors (Lipinski definition) is 3. The molecule has 0 spiro atoms. The smallest absolute Gasteiger partial charge is 0.335 e. The number of carboxylic acid groups (broad SMARTS) is 1. The number of aliphatic hydroxyl groups excluding tert-OH is 2. The van der Waals surface area contributed by atoms with E-state index < -0.39 is 67.3 Å². The van der Waals surface area contributed by atoms with Crippen molar-refractivity contribution in [3.8, 4) is 0 Å². The van der Waals surface area contributed by atoms with Crippen LogP contribution in [0.3, 0.4) is 0 Å². The Labute approximate surface area is 464 Å². The number of aliphatic carboxylic acids is 1. The quantitative estimate of drug-likeness (QED) is 0.0228. The number of allylic oxidation sites excluding steroid dienone is 22. The first kappa shape index (κ1) is 69.9. The second-order valence-corrected chi connectivity index (χ2v) is 19.2.